The lowest BCUT2D eigenvalue weighted by molar-refractivity contribution is 0.667. The van der Waals surface area contributed by atoms with Gasteiger partial charge in [-0.25, -0.2) is 24.9 Å². The molecule has 4 aromatic heterocycles. The van der Waals surface area contributed by atoms with Gasteiger partial charge in [0, 0.05) is 53.4 Å². The van der Waals surface area contributed by atoms with E-state index in [2.05, 4.69) is 115 Å². The van der Waals surface area contributed by atoms with Crippen molar-refractivity contribution >= 4 is 53.6 Å². The van der Waals surface area contributed by atoms with Crippen LogP contribution >= 0.6 is 11.3 Å². The third-order valence-electron chi connectivity index (χ3n) is 11.4. The summed E-state index contributed by atoms with van der Waals surface area (Å²) in [4.78, 5) is 25.6. The van der Waals surface area contributed by atoms with Crippen molar-refractivity contribution in [3.05, 3.63) is 200 Å². The fourth-order valence-electron chi connectivity index (χ4n) is 8.35. The van der Waals surface area contributed by atoms with Gasteiger partial charge in [0.05, 0.1) is 0 Å². The minimum absolute atomic E-state index is 0.633. The Kier molecular flexibility index (Phi) is 8.57. The van der Waals surface area contributed by atoms with E-state index in [4.69, 9.17) is 29.3 Å². The average Bonchev–Trinajstić information content (AvgIpc) is 3.93. The molecule has 0 atom stereocenters. The van der Waals surface area contributed by atoms with Gasteiger partial charge in [-0.2, -0.15) is 0 Å². The molecule has 0 radical (unpaired) electrons. The molecule has 0 aliphatic rings. The highest BCUT2D eigenvalue weighted by atomic mass is 32.1. The molecule has 0 saturated carbocycles. The van der Waals surface area contributed by atoms with Crippen LogP contribution in [-0.4, -0.2) is 24.9 Å². The molecule has 0 amide bonds. The Bertz CT molecular complexity index is 3580. The quantitative estimate of drug-likeness (QED) is 0.160. The largest absolute Gasteiger partial charge is 0.452 e. The first-order valence-electron chi connectivity index (χ1n) is 20.5. The summed E-state index contributed by atoms with van der Waals surface area (Å²) in [7, 11) is 0. The lowest BCUT2D eigenvalue weighted by atomic mass is 9.99. The third kappa shape index (κ3) is 6.31. The molecule has 0 unspecified atom stereocenters. The number of aromatic nitrogens is 5. The smallest absolute Gasteiger partial charge is 0.180 e. The molecule has 6 nitrogen and oxygen atoms in total. The fourth-order valence-corrected chi connectivity index (χ4v) is 9.46. The molecule has 8 aromatic carbocycles. The summed E-state index contributed by atoms with van der Waals surface area (Å²) in [5.74, 6) is 2.55. The monoisotopic (exact) mass is 811 g/mol. The first-order valence-corrected chi connectivity index (χ1v) is 21.3. The van der Waals surface area contributed by atoms with E-state index in [1.54, 1.807) is 11.3 Å². The van der Waals surface area contributed by atoms with Crippen molar-refractivity contribution in [3.8, 4) is 79.1 Å². The van der Waals surface area contributed by atoms with Crippen LogP contribution in [0.15, 0.2) is 205 Å². The van der Waals surface area contributed by atoms with Gasteiger partial charge in [0.1, 0.15) is 16.8 Å². The summed E-state index contributed by atoms with van der Waals surface area (Å²) in [6.07, 6.45) is 0. The van der Waals surface area contributed by atoms with Crippen molar-refractivity contribution in [1.29, 1.82) is 0 Å². The minimum Gasteiger partial charge on any atom is -0.452 e. The van der Waals surface area contributed by atoms with Gasteiger partial charge in [-0.1, -0.05) is 158 Å². The van der Waals surface area contributed by atoms with E-state index in [1.165, 1.54) is 9.40 Å². The number of para-hydroxylation sites is 1. The summed E-state index contributed by atoms with van der Waals surface area (Å²) in [5, 5.41) is 3.23. The number of hydrogen-bond acceptors (Lipinski definition) is 7. The molecule has 0 N–H and O–H groups in total. The van der Waals surface area contributed by atoms with Gasteiger partial charge >= 0.3 is 0 Å². The van der Waals surface area contributed by atoms with Crippen molar-refractivity contribution in [2.75, 3.05) is 0 Å². The number of hydrogen-bond donors (Lipinski definition) is 0. The zero-order chi connectivity index (χ0) is 41.0. The lowest BCUT2D eigenvalue weighted by Gasteiger charge is -2.10. The Morgan fingerprint density at radius 2 is 0.887 bits per heavy atom. The Labute approximate surface area is 360 Å². The predicted molar refractivity (Wildman–Crippen MR) is 254 cm³/mol. The van der Waals surface area contributed by atoms with Crippen LogP contribution in [0.5, 0.6) is 0 Å². The molecule has 0 fully saturated rings. The summed E-state index contributed by atoms with van der Waals surface area (Å²) in [6, 6.07) is 68.8. The average molecular weight is 812 g/mol. The van der Waals surface area contributed by atoms with Gasteiger partial charge in [-0.05, 0) is 64.7 Å². The van der Waals surface area contributed by atoms with Crippen LogP contribution in [0.2, 0.25) is 0 Å². The zero-order valence-electron chi connectivity index (χ0n) is 33.1. The third-order valence-corrected chi connectivity index (χ3v) is 12.5. The van der Waals surface area contributed by atoms with E-state index >= 15 is 0 Å². The topological polar surface area (TPSA) is 77.6 Å². The fraction of sp³-hybridized carbons (Fsp3) is 0. The number of thiophene rings is 1. The molecule has 0 bridgehead atoms. The predicted octanol–water partition coefficient (Wildman–Crippen LogP) is 14.6. The molecule has 0 aliphatic heterocycles. The number of fused-ring (bicyclic) bond motifs is 6. The summed E-state index contributed by atoms with van der Waals surface area (Å²) < 4.78 is 8.86. The number of furan rings is 1. The van der Waals surface area contributed by atoms with E-state index < -0.39 is 0 Å². The lowest BCUT2D eigenvalue weighted by Crippen LogP contribution is -2.00. The number of nitrogens with zero attached hydrogens (tertiary/aromatic N) is 5. The van der Waals surface area contributed by atoms with Crippen LogP contribution in [0.4, 0.5) is 0 Å². The van der Waals surface area contributed by atoms with Gasteiger partial charge in [0.25, 0.3) is 0 Å². The summed E-state index contributed by atoms with van der Waals surface area (Å²) in [5.41, 5.74) is 12.1. The van der Waals surface area contributed by atoms with Crippen LogP contribution in [-0.2, 0) is 0 Å². The SMILES string of the molecule is c1ccc(-c2cccc(-c3nc(-c4cccc(-c5ccc6sc7cccc(-c8nc(-c9ccccc9)nc(-c9ccccc9)n8)c7c6c5)c4)nc4c3oc3ccccc34)c2)cc1. The van der Waals surface area contributed by atoms with Gasteiger partial charge in [-0.15, -0.1) is 11.3 Å². The second kappa shape index (κ2) is 14.9. The highest BCUT2D eigenvalue weighted by Gasteiger charge is 2.20. The van der Waals surface area contributed by atoms with Crippen LogP contribution in [0.1, 0.15) is 0 Å². The van der Waals surface area contributed by atoms with Gasteiger partial charge in [-0.3, -0.25) is 0 Å². The molecule has 62 heavy (non-hydrogen) atoms. The first kappa shape index (κ1) is 35.8. The van der Waals surface area contributed by atoms with Crippen LogP contribution in [0, 0.1) is 0 Å². The van der Waals surface area contributed by atoms with Gasteiger partial charge in [0.2, 0.25) is 0 Å². The molecule has 0 aliphatic carbocycles. The van der Waals surface area contributed by atoms with E-state index in [0.717, 1.165) is 83.0 Å². The van der Waals surface area contributed by atoms with E-state index in [9.17, 15) is 0 Å². The van der Waals surface area contributed by atoms with Crippen molar-refractivity contribution in [3.63, 3.8) is 0 Å². The Morgan fingerprint density at radius 3 is 1.63 bits per heavy atom. The second-order valence-electron chi connectivity index (χ2n) is 15.2. The number of benzene rings is 8. The first-order chi connectivity index (χ1) is 30.7. The molecule has 12 rings (SSSR count). The second-order valence-corrected chi connectivity index (χ2v) is 16.3. The van der Waals surface area contributed by atoms with E-state index in [-0.39, 0.29) is 0 Å². The standard InChI is InChI=1S/C55H33N5OS/c1-4-15-34(16-5-1)37-21-12-23-40(31-37)49-51-50(42-25-10-11-27-45(42)61-51)57-54(56-49)41-24-13-22-38(32-41)39-29-30-46-44(33-39)48-43(26-14-28-47(48)62-46)55-59-52(35-17-6-2-7-18-35)58-53(60-55)36-19-8-3-9-20-36/h1-33H. The van der Waals surface area contributed by atoms with Crippen LogP contribution in [0.25, 0.3) is 121 Å². The van der Waals surface area contributed by atoms with E-state index in [1.807, 2.05) is 84.9 Å². The maximum atomic E-state index is 6.50. The summed E-state index contributed by atoms with van der Waals surface area (Å²) >= 11 is 1.78. The number of rotatable bonds is 7. The maximum absolute atomic E-state index is 6.50. The molecular weight excluding hydrogens is 779 g/mol. The van der Waals surface area contributed by atoms with Gasteiger partial charge in [0.15, 0.2) is 28.9 Å². The maximum Gasteiger partial charge on any atom is 0.180 e. The van der Waals surface area contributed by atoms with Crippen molar-refractivity contribution < 1.29 is 4.42 Å². The summed E-state index contributed by atoms with van der Waals surface area (Å²) in [6.45, 7) is 0. The van der Waals surface area contributed by atoms with Crippen LogP contribution in [0.3, 0.4) is 0 Å². The van der Waals surface area contributed by atoms with E-state index in [0.29, 0.717) is 28.9 Å². The van der Waals surface area contributed by atoms with Gasteiger partial charge < -0.3 is 4.42 Å². The molecule has 290 valence electrons. The van der Waals surface area contributed by atoms with Crippen molar-refractivity contribution in [2.45, 2.75) is 0 Å². The molecule has 7 heteroatoms. The zero-order valence-corrected chi connectivity index (χ0v) is 33.9. The Hall–Kier alpha value is -8.13. The normalized spacial score (nSPS) is 11.5. The highest BCUT2D eigenvalue weighted by molar-refractivity contribution is 7.26. The molecule has 4 heterocycles. The highest BCUT2D eigenvalue weighted by Crippen LogP contribution is 2.42. The molecular formula is C55H33N5OS. The minimum atomic E-state index is 0.633. The Balaban J connectivity index is 0.994. The van der Waals surface area contributed by atoms with Crippen LogP contribution < -0.4 is 0 Å². The molecule has 12 aromatic rings. The van der Waals surface area contributed by atoms with Crippen molar-refractivity contribution in [1.82, 2.24) is 24.9 Å². The Morgan fingerprint density at radius 1 is 0.339 bits per heavy atom. The molecule has 0 saturated heterocycles. The molecule has 0 spiro atoms. The van der Waals surface area contributed by atoms with Crippen molar-refractivity contribution in [2.24, 2.45) is 0 Å².